The van der Waals surface area contributed by atoms with Gasteiger partial charge in [0.25, 0.3) is 0 Å². The lowest BCUT2D eigenvalue weighted by Crippen LogP contribution is -2.44. The van der Waals surface area contributed by atoms with E-state index in [1.807, 2.05) is 0 Å². The zero-order chi connectivity index (χ0) is 12.1. The van der Waals surface area contributed by atoms with Crippen molar-refractivity contribution < 1.29 is 4.74 Å². The van der Waals surface area contributed by atoms with E-state index < -0.39 is 0 Å². The molecule has 2 aliphatic rings. The predicted octanol–water partition coefficient (Wildman–Crippen LogP) is 2.09. The number of nitrogens with zero attached hydrogens (tertiary/aromatic N) is 1. The third-order valence-corrected chi connectivity index (χ3v) is 4.04. The van der Waals surface area contributed by atoms with Gasteiger partial charge in [0.1, 0.15) is 0 Å². The summed E-state index contributed by atoms with van der Waals surface area (Å²) in [5.41, 5.74) is 5.72. The number of hydrogen-bond donors (Lipinski definition) is 1. The van der Waals surface area contributed by atoms with E-state index in [0.717, 1.165) is 19.7 Å². The van der Waals surface area contributed by atoms with Crippen LogP contribution in [0.4, 0.5) is 0 Å². The lowest BCUT2D eigenvalue weighted by molar-refractivity contribution is -0.00993. The second kappa shape index (κ2) is 6.66. The number of rotatable bonds is 5. The summed E-state index contributed by atoms with van der Waals surface area (Å²) in [5, 5.41) is 0. The fourth-order valence-corrected chi connectivity index (χ4v) is 3.19. The van der Waals surface area contributed by atoms with Crippen molar-refractivity contribution in [1.29, 1.82) is 0 Å². The van der Waals surface area contributed by atoms with Crippen LogP contribution in [-0.4, -0.2) is 41.7 Å². The molecule has 3 nitrogen and oxygen atoms in total. The lowest BCUT2D eigenvalue weighted by Gasteiger charge is -2.33. The fourth-order valence-electron chi connectivity index (χ4n) is 3.03. The SMILES string of the molecule is NC(=S)CN(CC1CCCCO1)C1CCCC1. The molecule has 4 heteroatoms. The molecule has 1 unspecified atom stereocenters. The van der Waals surface area contributed by atoms with Crippen molar-refractivity contribution in [2.75, 3.05) is 19.7 Å². The van der Waals surface area contributed by atoms with Gasteiger partial charge in [-0.1, -0.05) is 25.1 Å². The van der Waals surface area contributed by atoms with E-state index in [1.165, 1.54) is 44.9 Å². The summed E-state index contributed by atoms with van der Waals surface area (Å²) >= 11 is 5.07. The summed E-state index contributed by atoms with van der Waals surface area (Å²) in [6.07, 6.45) is 9.42. The third kappa shape index (κ3) is 4.19. The zero-order valence-corrected chi connectivity index (χ0v) is 11.4. The minimum absolute atomic E-state index is 0.402. The van der Waals surface area contributed by atoms with Crippen LogP contribution in [0.1, 0.15) is 44.9 Å². The van der Waals surface area contributed by atoms with Crippen molar-refractivity contribution in [3.8, 4) is 0 Å². The summed E-state index contributed by atoms with van der Waals surface area (Å²) < 4.78 is 5.82. The fraction of sp³-hybridized carbons (Fsp3) is 0.923. The normalized spacial score (nSPS) is 26.5. The van der Waals surface area contributed by atoms with Gasteiger partial charge >= 0.3 is 0 Å². The molecule has 1 aliphatic heterocycles. The van der Waals surface area contributed by atoms with Crippen LogP contribution in [0.5, 0.6) is 0 Å². The highest BCUT2D eigenvalue weighted by Gasteiger charge is 2.26. The Balaban J connectivity index is 1.86. The quantitative estimate of drug-likeness (QED) is 0.764. The first-order valence-corrected chi connectivity index (χ1v) is 7.30. The summed E-state index contributed by atoms with van der Waals surface area (Å²) in [4.78, 5) is 3.08. The molecule has 2 N–H and O–H groups in total. The van der Waals surface area contributed by atoms with Crippen LogP contribution < -0.4 is 5.73 Å². The standard InChI is InChI=1S/C13H24N2OS/c14-13(17)10-15(11-5-1-2-6-11)9-12-7-3-4-8-16-12/h11-12H,1-10H2,(H2,14,17). The van der Waals surface area contributed by atoms with Crippen LogP contribution in [0, 0.1) is 0 Å². The molecule has 1 saturated heterocycles. The van der Waals surface area contributed by atoms with E-state index in [0.29, 0.717) is 17.1 Å². The average molecular weight is 256 g/mol. The molecular formula is C13H24N2OS. The Morgan fingerprint density at radius 1 is 1.18 bits per heavy atom. The summed E-state index contributed by atoms with van der Waals surface area (Å²) in [6.45, 7) is 2.71. The van der Waals surface area contributed by atoms with E-state index in [1.54, 1.807) is 0 Å². The lowest BCUT2D eigenvalue weighted by atomic mass is 10.1. The maximum absolute atomic E-state index is 5.82. The van der Waals surface area contributed by atoms with Crippen LogP contribution in [0.3, 0.4) is 0 Å². The van der Waals surface area contributed by atoms with Gasteiger partial charge in [-0.25, -0.2) is 0 Å². The van der Waals surface area contributed by atoms with Gasteiger partial charge in [-0.2, -0.15) is 0 Å². The third-order valence-electron chi connectivity index (χ3n) is 3.91. The molecule has 1 saturated carbocycles. The second-order valence-electron chi connectivity index (χ2n) is 5.32. The molecule has 2 rings (SSSR count). The number of ether oxygens (including phenoxy) is 1. The summed E-state index contributed by atoms with van der Waals surface area (Å²) in [6, 6.07) is 0.682. The molecule has 1 heterocycles. The Hall–Kier alpha value is -0.190. The van der Waals surface area contributed by atoms with Crippen molar-refractivity contribution in [1.82, 2.24) is 4.90 Å². The molecule has 0 spiro atoms. The molecule has 98 valence electrons. The molecule has 1 atom stereocenters. The van der Waals surface area contributed by atoms with Crippen molar-refractivity contribution >= 4 is 17.2 Å². The van der Waals surface area contributed by atoms with E-state index in [2.05, 4.69) is 4.90 Å². The number of nitrogens with two attached hydrogens (primary N) is 1. The number of hydrogen-bond acceptors (Lipinski definition) is 3. The Kier molecular flexibility index (Phi) is 5.19. The largest absolute Gasteiger partial charge is 0.392 e. The average Bonchev–Trinajstić information content (AvgIpc) is 2.82. The highest BCUT2D eigenvalue weighted by Crippen LogP contribution is 2.25. The van der Waals surface area contributed by atoms with Crippen molar-refractivity contribution in [2.24, 2.45) is 5.73 Å². The molecule has 1 aliphatic carbocycles. The van der Waals surface area contributed by atoms with Crippen molar-refractivity contribution in [3.05, 3.63) is 0 Å². The van der Waals surface area contributed by atoms with E-state index in [9.17, 15) is 0 Å². The monoisotopic (exact) mass is 256 g/mol. The van der Waals surface area contributed by atoms with Crippen LogP contribution >= 0.6 is 12.2 Å². The van der Waals surface area contributed by atoms with Gasteiger partial charge in [0.05, 0.1) is 11.1 Å². The minimum atomic E-state index is 0.402. The Bertz CT molecular complexity index is 248. The first-order chi connectivity index (χ1) is 8.25. The minimum Gasteiger partial charge on any atom is -0.392 e. The van der Waals surface area contributed by atoms with Gasteiger partial charge in [0, 0.05) is 25.7 Å². The molecule has 0 amide bonds. The van der Waals surface area contributed by atoms with Gasteiger partial charge < -0.3 is 10.5 Å². The Morgan fingerprint density at radius 2 is 1.88 bits per heavy atom. The van der Waals surface area contributed by atoms with E-state index in [-0.39, 0.29) is 0 Å². The first-order valence-electron chi connectivity index (χ1n) is 6.89. The van der Waals surface area contributed by atoms with Crippen LogP contribution in [0.25, 0.3) is 0 Å². The van der Waals surface area contributed by atoms with Gasteiger partial charge in [0.2, 0.25) is 0 Å². The molecular weight excluding hydrogens is 232 g/mol. The molecule has 0 aromatic carbocycles. The van der Waals surface area contributed by atoms with E-state index in [4.69, 9.17) is 22.7 Å². The molecule has 0 radical (unpaired) electrons. The molecule has 0 aromatic heterocycles. The van der Waals surface area contributed by atoms with Gasteiger partial charge in [-0.3, -0.25) is 4.90 Å². The zero-order valence-electron chi connectivity index (χ0n) is 10.6. The number of thiocarbonyl (C=S) groups is 1. The Morgan fingerprint density at radius 3 is 2.47 bits per heavy atom. The second-order valence-corrected chi connectivity index (χ2v) is 5.85. The topological polar surface area (TPSA) is 38.5 Å². The van der Waals surface area contributed by atoms with Gasteiger partial charge in [-0.15, -0.1) is 0 Å². The summed E-state index contributed by atoms with van der Waals surface area (Å²) in [5.74, 6) is 0. The van der Waals surface area contributed by atoms with Crippen LogP contribution in [-0.2, 0) is 4.74 Å². The Labute approximate surface area is 110 Å². The maximum Gasteiger partial charge on any atom is 0.0870 e. The van der Waals surface area contributed by atoms with Crippen molar-refractivity contribution in [3.63, 3.8) is 0 Å². The van der Waals surface area contributed by atoms with Gasteiger partial charge in [0.15, 0.2) is 0 Å². The first kappa shape index (κ1) is 13.2. The highest BCUT2D eigenvalue weighted by atomic mass is 32.1. The highest BCUT2D eigenvalue weighted by molar-refractivity contribution is 7.80. The van der Waals surface area contributed by atoms with Crippen LogP contribution in [0.2, 0.25) is 0 Å². The molecule has 2 fully saturated rings. The maximum atomic E-state index is 5.82. The van der Waals surface area contributed by atoms with Crippen molar-refractivity contribution in [2.45, 2.75) is 57.1 Å². The van der Waals surface area contributed by atoms with Gasteiger partial charge in [-0.05, 0) is 32.1 Å². The predicted molar refractivity (Wildman–Crippen MR) is 74.2 cm³/mol. The van der Waals surface area contributed by atoms with E-state index >= 15 is 0 Å². The smallest absolute Gasteiger partial charge is 0.0870 e. The molecule has 0 bridgehead atoms. The summed E-state index contributed by atoms with van der Waals surface area (Å²) in [7, 11) is 0. The van der Waals surface area contributed by atoms with Crippen LogP contribution in [0.15, 0.2) is 0 Å². The molecule has 17 heavy (non-hydrogen) atoms. The molecule has 0 aromatic rings.